The first kappa shape index (κ1) is 15.5. The topological polar surface area (TPSA) is 55.1 Å². The van der Waals surface area contributed by atoms with Gasteiger partial charge in [0.1, 0.15) is 0 Å². The van der Waals surface area contributed by atoms with Crippen molar-refractivity contribution in [3.8, 4) is 0 Å². The highest BCUT2D eigenvalue weighted by atomic mass is 16.1. The van der Waals surface area contributed by atoms with Crippen LogP contribution in [0, 0.1) is 11.3 Å². The molecule has 106 valence electrons. The molecule has 3 nitrogen and oxygen atoms in total. The summed E-state index contributed by atoms with van der Waals surface area (Å²) in [6.07, 6.45) is 7.44. The normalized spacial score (nSPS) is 24.9. The van der Waals surface area contributed by atoms with Gasteiger partial charge in [-0.25, -0.2) is 0 Å². The fraction of sp³-hybridized carbons (Fsp3) is 0.933. The van der Waals surface area contributed by atoms with E-state index in [0.717, 1.165) is 51.5 Å². The second-order valence-electron chi connectivity index (χ2n) is 5.90. The van der Waals surface area contributed by atoms with Crippen molar-refractivity contribution in [1.82, 2.24) is 5.32 Å². The Morgan fingerprint density at radius 1 is 1.22 bits per heavy atom. The van der Waals surface area contributed by atoms with E-state index in [4.69, 9.17) is 5.73 Å². The maximum absolute atomic E-state index is 12.2. The monoisotopic (exact) mass is 254 g/mol. The average Bonchev–Trinajstić information content (AvgIpc) is 2.40. The van der Waals surface area contributed by atoms with Gasteiger partial charge in [0.15, 0.2) is 0 Å². The van der Waals surface area contributed by atoms with E-state index in [1.807, 2.05) is 0 Å². The molecule has 2 atom stereocenters. The van der Waals surface area contributed by atoms with Gasteiger partial charge in [0.25, 0.3) is 0 Å². The summed E-state index contributed by atoms with van der Waals surface area (Å²) < 4.78 is 0. The second kappa shape index (κ2) is 7.13. The van der Waals surface area contributed by atoms with Crippen LogP contribution in [0.25, 0.3) is 0 Å². The van der Waals surface area contributed by atoms with E-state index in [1.54, 1.807) is 0 Å². The first-order valence-electron chi connectivity index (χ1n) is 7.60. The lowest BCUT2D eigenvalue weighted by atomic mass is 9.79. The van der Waals surface area contributed by atoms with Crippen molar-refractivity contribution in [1.29, 1.82) is 0 Å². The molecule has 0 radical (unpaired) electrons. The average molecular weight is 254 g/mol. The largest absolute Gasteiger partial charge is 0.355 e. The standard InChI is InChI=1S/C15H30N2O/c1-4-15(5-2,6-3)11-17-14(18)12-8-7-9-13(16)10-12/h12-13H,4-11,16H2,1-3H3,(H,17,18). The summed E-state index contributed by atoms with van der Waals surface area (Å²) >= 11 is 0. The summed E-state index contributed by atoms with van der Waals surface area (Å²) in [7, 11) is 0. The van der Waals surface area contributed by atoms with Crippen LogP contribution in [-0.2, 0) is 4.79 Å². The van der Waals surface area contributed by atoms with Crippen molar-refractivity contribution < 1.29 is 4.79 Å². The van der Waals surface area contributed by atoms with E-state index in [0.29, 0.717) is 0 Å². The molecule has 3 heteroatoms. The molecule has 0 saturated heterocycles. The van der Waals surface area contributed by atoms with E-state index in [1.165, 1.54) is 0 Å². The van der Waals surface area contributed by atoms with E-state index < -0.39 is 0 Å². The first-order chi connectivity index (χ1) is 8.56. The molecule has 0 aromatic carbocycles. The lowest BCUT2D eigenvalue weighted by molar-refractivity contribution is -0.126. The van der Waals surface area contributed by atoms with Crippen LogP contribution >= 0.6 is 0 Å². The first-order valence-corrected chi connectivity index (χ1v) is 7.60. The molecule has 18 heavy (non-hydrogen) atoms. The van der Waals surface area contributed by atoms with Gasteiger partial charge < -0.3 is 11.1 Å². The Morgan fingerprint density at radius 2 is 1.83 bits per heavy atom. The van der Waals surface area contributed by atoms with Crippen molar-refractivity contribution in [2.75, 3.05) is 6.54 Å². The van der Waals surface area contributed by atoms with Crippen molar-refractivity contribution in [2.24, 2.45) is 17.1 Å². The van der Waals surface area contributed by atoms with Gasteiger partial charge in [-0.15, -0.1) is 0 Å². The highest BCUT2D eigenvalue weighted by molar-refractivity contribution is 5.78. The van der Waals surface area contributed by atoms with E-state index in [2.05, 4.69) is 26.1 Å². The van der Waals surface area contributed by atoms with Gasteiger partial charge in [-0.1, -0.05) is 27.2 Å². The van der Waals surface area contributed by atoms with Crippen LogP contribution in [0.4, 0.5) is 0 Å². The van der Waals surface area contributed by atoms with E-state index in [9.17, 15) is 4.79 Å². The third kappa shape index (κ3) is 3.98. The number of nitrogens with one attached hydrogen (secondary N) is 1. The minimum Gasteiger partial charge on any atom is -0.355 e. The van der Waals surface area contributed by atoms with Crippen molar-refractivity contribution >= 4 is 5.91 Å². The molecule has 1 rings (SSSR count). The van der Waals surface area contributed by atoms with Crippen molar-refractivity contribution in [3.63, 3.8) is 0 Å². The Labute approximate surface area is 112 Å². The van der Waals surface area contributed by atoms with Gasteiger partial charge in [0.2, 0.25) is 5.91 Å². The predicted molar refractivity (Wildman–Crippen MR) is 76.2 cm³/mol. The zero-order valence-electron chi connectivity index (χ0n) is 12.3. The molecule has 0 aliphatic heterocycles. The fourth-order valence-corrected chi connectivity index (χ4v) is 3.01. The molecule has 0 spiro atoms. The molecule has 3 N–H and O–H groups in total. The Morgan fingerprint density at radius 3 is 2.33 bits per heavy atom. The molecule has 1 aliphatic carbocycles. The number of carbonyl (C=O) groups excluding carboxylic acids is 1. The summed E-state index contributed by atoms with van der Waals surface area (Å²) in [6, 6.07) is 0.225. The van der Waals surface area contributed by atoms with Crippen LogP contribution in [-0.4, -0.2) is 18.5 Å². The Kier molecular flexibility index (Phi) is 6.13. The molecule has 1 aliphatic rings. The summed E-state index contributed by atoms with van der Waals surface area (Å²) in [5.74, 6) is 0.377. The van der Waals surface area contributed by atoms with Crippen molar-refractivity contribution in [2.45, 2.75) is 71.8 Å². The van der Waals surface area contributed by atoms with Crippen LogP contribution in [0.1, 0.15) is 65.7 Å². The fourth-order valence-electron chi connectivity index (χ4n) is 3.01. The van der Waals surface area contributed by atoms with E-state index in [-0.39, 0.29) is 23.3 Å². The number of carbonyl (C=O) groups is 1. The van der Waals surface area contributed by atoms with Crippen LogP contribution in [0.3, 0.4) is 0 Å². The quantitative estimate of drug-likeness (QED) is 0.766. The molecule has 1 saturated carbocycles. The van der Waals surface area contributed by atoms with Crippen LogP contribution < -0.4 is 11.1 Å². The van der Waals surface area contributed by atoms with Crippen LogP contribution in [0.5, 0.6) is 0 Å². The zero-order chi connectivity index (χ0) is 13.6. The zero-order valence-corrected chi connectivity index (χ0v) is 12.3. The summed E-state index contributed by atoms with van der Waals surface area (Å²) in [5, 5.41) is 3.17. The second-order valence-corrected chi connectivity index (χ2v) is 5.90. The maximum atomic E-state index is 12.2. The van der Waals surface area contributed by atoms with E-state index >= 15 is 0 Å². The SMILES string of the molecule is CCC(CC)(CC)CNC(=O)C1CCCC(N)C1. The highest BCUT2D eigenvalue weighted by Gasteiger charge is 2.28. The van der Waals surface area contributed by atoms with Gasteiger partial charge in [0, 0.05) is 18.5 Å². The summed E-state index contributed by atoms with van der Waals surface area (Å²) in [4.78, 5) is 12.2. The molecule has 0 bridgehead atoms. The van der Waals surface area contributed by atoms with Crippen LogP contribution in [0.2, 0.25) is 0 Å². The number of amides is 1. The Balaban J connectivity index is 2.44. The predicted octanol–water partition coefficient (Wildman–Crippen LogP) is 2.84. The molecule has 0 heterocycles. The van der Waals surface area contributed by atoms with Gasteiger partial charge in [-0.2, -0.15) is 0 Å². The molecular formula is C15H30N2O. The lowest BCUT2D eigenvalue weighted by Gasteiger charge is -2.32. The van der Waals surface area contributed by atoms with Crippen LogP contribution in [0.15, 0.2) is 0 Å². The molecule has 0 aromatic heterocycles. The number of hydrogen-bond acceptors (Lipinski definition) is 2. The third-order valence-electron chi connectivity index (χ3n) is 4.97. The smallest absolute Gasteiger partial charge is 0.223 e. The minimum atomic E-state index is 0.150. The third-order valence-corrected chi connectivity index (χ3v) is 4.97. The Hall–Kier alpha value is -0.570. The maximum Gasteiger partial charge on any atom is 0.223 e. The summed E-state index contributed by atoms with van der Waals surface area (Å²) in [6.45, 7) is 7.47. The molecular weight excluding hydrogens is 224 g/mol. The Bertz CT molecular complexity index is 253. The summed E-state index contributed by atoms with van der Waals surface area (Å²) in [5.41, 5.74) is 6.23. The number of rotatable bonds is 6. The van der Waals surface area contributed by atoms with Gasteiger partial charge in [0.05, 0.1) is 0 Å². The minimum absolute atomic E-state index is 0.150. The van der Waals surface area contributed by atoms with Gasteiger partial charge in [-0.05, 0) is 43.9 Å². The highest BCUT2D eigenvalue weighted by Crippen LogP contribution is 2.30. The lowest BCUT2D eigenvalue weighted by Crippen LogP contribution is -2.42. The van der Waals surface area contributed by atoms with Crippen molar-refractivity contribution in [3.05, 3.63) is 0 Å². The number of hydrogen-bond donors (Lipinski definition) is 2. The molecule has 1 fully saturated rings. The molecule has 0 aromatic rings. The molecule has 2 unspecified atom stereocenters. The van der Waals surface area contributed by atoms with Gasteiger partial charge in [-0.3, -0.25) is 4.79 Å². The molecule has 1 amide bonds. The number of nitrogens with two attached hydrogens (primary N) is 1. The van der Waals surface area contributed by atoms with Gasteiger partial charge >= 0.3 is 0 Å².